The fourth-order valence-corrected chi connectivity index (χ4v) is 7.93. The van der Waals surface area contributed by atoms with E-state index in [9.17, 15) is 24.0 Å². The van der Waals surface area contributed by atoms with Gasteiger partial charge in [0.2, 0.25) is 0 Å². The number of carbonyl (C=O) groups excluding carboxylic acids is 4. The number of methoxy groups -OCH3 is 1. The third kappa shape index (κ3) is 13.2. The number of fused-ring (bicyclic) bond motifs is 1. The van der Waals surface area contributed by atoms with Gasteiger partial charge in [-0.1, -0.05) is 144 Å². The number of ether oxygens (including phenoxy) is 3. The van der Waals surface area contributed by atoms with Gasteiger partial charge in [0.25, 0.3) is 5.56 Å². The number of nitrogens with zero attached hydrogens (tertiary/aromatic N) is 2. The van der Waals surface area contributed by atoms with Crippen molar-refractivity contribution in [3.63, 3.8) is 0 Å². The van der Waals surface area contributed by atoms with Crippen LogP contribution in [0.5, 0.6) is 28.7 Å². The van der Waals surface area contributed by atoms with Crippen molar-refractivity contribution in [3.05, 3.63) is 284 Å². The minimum Gasteiger partial charge on any atom is -0.497 e. The number of hydrogen-bond acceptors (Lipinski definition) is 9. The first-order valence-electron chi connectivity index (χ1n) is 24.4. The van der Waals surface area contributed by atoms with Crippen molar-refractivity contribution in [2.75, 3.05) is 7.11 Å². The number of carbonyl (C=O) groups is 4. The molecule has 0 fully saturated rings. The van der Waals surface area contributed by atoms with Crippen LogP contribution >= 0.6 is 0 Å². The van der Waals surface area contributed by atoms with E-state index >= 15 is 0 Å². The standard InChI is InChI=1S/C22H18N2O2.C22H18O4.C22H18O2/c1-15-7-11-17(12-8-15)26-18-13-9-16(10-14-18)21-19-5-3-4-6-20(19)22(25)24(2)23-21;1-15(23)16-3-5-17(6-4-16)22(24)18-7-9-20(10-8-18)26-21-13-11-19(25-2)12-14-21;1-15-3-7-17(8-4-15)21(23)19-11-13-20(14-12-19)22(24)18-9-5-16(2)6-10-18/h2*3-14H,1-2H3;3-14H,1-2H3. The van der Waals surface area contributed by atoms with Gasteiger partial charge in [-0.15, -0.1) is 0 Å². The highest BCUT2D eigenvalue weighted by Crippen LogP contribution is 2.29. The van der Waals surface area contributed by atoms with Crippen LogP contribution < -0.4 is 19.8 Å². The van der Waals surface area contributed by atoms with Crippen molar-refractivity contribution in [1.82, 2.24) is 9.78 Å². The summed E-state index contributed by atoms with van der Waals surface area (Å²) < 4.78 is 18.1. The van der Waals surface area contributed by atoms with E-state index in [-0.39, 0.29) is 28.7 Å². The Morgan fingerprint density at radius 1 is 0.382 bits per heavy atom. The van der Waals surface area contributed by atoms with Crippen LogP contribution in [0.3, 0.4) is 0 Å². The monoisotopic (exact) mass is 1000 g/mol. The summed E-state index contributed by atoms with van der Waals surface area (Å²) in [7, 11) is 3.28. The lowest BCUT2D eigenvalue weighted by Gasteiger charge is -2.10. The molecule has 10 aromatic rings. The first-order chi connectivity index (χ1) is 36.7. The summed E-state index contributed by atoms with van der Waals surface area (Å²) in [6.45, 7) is 7.51. The third-order valence-electron chi connectivity index (χ3n) is 12.3. The number of ketones is 4. The van der Waals surface area contributed by atoms with E-state index in [1.165, 1.54) is 17.2 Å². The van der Waals surface area contributed by atoms with E-state index in [1.807, 2.05) is 166 Å². The second kappa shape index (κ2) is 24.3. The van der Waals surface area contributed by atoms with Gasteiger partial charge < -0.3 is 14.2 Å². The quantitative estimate of drug-likeness (QED) is 0.104. The third-order valence-corrected chi connectivity index (χ3v) is 12.3. The Labute approximate surface area is 441 Å². The molecule has 0 aliphatic heterocycles. The highest BCUT2D eigenvalue weighted by Gasteiger charge is 2.15. The second-order valence-electron chi connectivity index (χ2n) is 18.0. The Morgan fingerprint density at radius 2 is 0.671 bits per heavy atom. The lowest BCUT2D eigenvalue weighted by Crippen LogP contribution is -2.20. The number of hydrogen-bond donors (Lipinski definition) is 0. The first-order valence-corrected chi connectivity index (χ1v) is 24.4. The second-order valence-corrected chi connectivity index (χ2v) is 18.0. The Hall–Kier alpha value is -9.80. The van der Waals surface area contributed by atoms with Crippen molar-refractivity contribution in [2.45, 2.75) is 27.7 Å². The molecule has 76 heavy (non-hydrogen) atoms. The number of aryl methyl sites for hydroxylation is 4. The summed E-state index contributed by atoms with van der Waals surface area (Å²) in [4.78, 5) is 61.0. The van der Waals surface area contributed by atoms with E-state index in [0.29, 0.717) is 55.8 Å². The van der Waals surface area contributed by atoms with Crippen LogP contribution in [-0.2, 0) is 7.05 Å². The SMILES string of the molecule is COc1ccc(Oc2ccc(C(=O)c3ccc(C(C)=O)cc3)cc2)cc1.Cc1ccc(C(=O)c2ccc(C(=O)c3ccc(C)cc3)cc2)cc1.Cc1ccc(Oc2ccc(-c3nn(C)c(=O)c4ccccc34)cc2)cc1. The van der Waals surface area contributed by atoms with Crippen molar-refractivity contribution in [1.29, 1.82) is 0 Å². The fourth-order valence-electron chi connectivity index (χ4n) is 7.93. The molecular formula is C66H54N2O8. The van der Waals surface area contributed by atoms with Crippen LogP contribution in [0.25, 0.3) is 22.0 Å². The Bertz CT molecular complexity index is 3620. The first kappa shape index (κ1) is 52.5. The molecule has 0 aliphatic rings. The molecule has 0 spiro atoms. The van der Waals surface area contributed by atoms with Crippen LogP contribution in [0.1, 0.15) is 81.7 Å². The molecule has 1 heterocycles. The van der Waals surface area contributed by atoms with E-state index in [0.717, 1.165) is 45.0 Å². The summed E-state index contributed by atoms with van der Waals surface area (Å²) >= 11 is 0. The molecule has 10 nitrogen and oxygen atoms in total. The number of aromatic nitrogens is 2. The van der Waals surface area contributed by atoms with Crippen LogP contribution in [0.15, 0.2) is 223 Å². The molecule has 0 radical (unpaired) electrons. The Morgan fingerprint density at radius 3 is 1.05 bits per heavy atom. The lowest BCUT2D eigenvalue weighted by atomic mass is 9.98. The topological polar surface area (TPSA) is 131 Å². The highest BCUT2D eigenvalue weighted by molar-refractivity contribution is 6.12. The predicted octanol–water partition coefficient (Wildman–Crippen LogP) is 14.4. The molecule has 0 N–H and O–H groups in total. The molecule has 0 saturated heterocycles. The molecule has 0 saturated carbocycles. The van der Waals surface area contributed by atoms with Crippen LogP contribution in [0.4, 0.5) is 0 Å². The minimum absolute atomic E-state index is 0.0240. The van der Waals surface area contributed by atoms with Crippen molar-refractivity contribution in [3.8, 4) is 40.0 Å². The highest BCUT2D eigenvalue weighted by atomic mass is 16.5. The van der Waals surface area contributed by atoms with Gasteiger partial charge in [-0.2, -0.15) is 5.10 Å². The zero-order valence-electron chi connectivity index (χ0n) is 42.9. The van der Waals surface area contributed by atoms with Gasteiger partial charge >= 0.3 is 0 Å². The lowest BCUT2D eigenvalue weighted by molar-refractivity contribution is 0.101. The van der Waals surface area contributed by atoms with Gasteiger partial charge in [-0.05, 0) is 119 Å². The Balaban J connectivity index is 0.000000151. The zero-order valence-corrected chi connectivity index (χ0v) is 42.9. The van der Waals surface area contributed by atoms with Crippen LogP contribution in [0, 0.1) is 20.8 Å². The van der Waals surface area contributed by atoms with Gasteiger partial charge in [-0.25, -0.2) is 4.68 Å². The number of benzene rings is 9. The van der Waals surface area contributed by atoms with E-state index < -0.39 is 0 Å². The molecule has 9 aromatic carbocycles. The number of rotatable bonds is 13. The van der Waals surface area contributed by atoms with E-state index in [1.54, 1.807) is 87.0 Å². The summed E-state index contributed by atoms with van der Waals surface area (Å²) in [5.41, 5.74) is 9.21. The van der Waals surface area contributed by atoms with Gasteiger partial charge in [0.15, 0.2) is 23.1 Å². The maximum absolute atomic E-state index is 12.5. The normalized spacial score (nSPS) is 10.5. The summed E-state index contributed by atoms with van der Waals surface area (Å²) in [5.74, 6) is 3.44. The summed E-state index contributed by atoms with van der Waals surface area (Å²) in [5, 5.41) is 5.97. The van der Waals surface area contributed by atoms with Gasteiger partial charge in [0.05, 0.1) is 18.2 Å². The van der Waals surface area contributed by atoms with Crippen molar-refractivity contribution >= 4 is 33.9 Å². The molecule has 10 heteroatoms. The minimum atomic E-state index is -0.101. The van der Waals surface area contributed by atoms with Crippen molar-refractivity contribution < 1.29 is 33.4 Å². The predicted molar refractivity (Wildman–Crippen MR) is 299 cm³/mol. The average Bonchev–Trinajstić information content (AvgIpc) is 3.45. The molecule has 1 aromatic heterocycles. The van der Waals surface area contributed by atoms with Crippen molar-refractivity contribution in [2.24, 2.45) is 7.05 Å². The largest absolute Gasteiger partial charge is 0.497 e. The number of Topliss-reactive ketones (excluding diaryl/α,β-unsaturated/α-hetero) is 1. The molecule has 0 unspecified atom stereocenters. The van der Waals surface area contributed by atoms with E-state index in [2.05, 4.69) is 5.10 Å². The zero-order chi connectivity index (χ0) is 53.7. The smallest absolute Gasteiger partial charge is 0.274 e. The molecule has 10 rings (SSSR count). The summed E-state index contributed by atoms with van der Waals surface area (Å²) in [6.07, 6.45) is 0. The molecule has 0 amide bonds. The van der Waals surface area contributed by atoms with Crippen LogP contribution in [0.2, 0.25) is 0 Å². The van der Waals surface area contributed by atoms with Crippen LogP contribution in [-0.4, -0.2) is 40.0 Å². The average molecular weight is 1000 g/mol. The van der Waals surface area contributed by atoms with Gasteiger partial charge in [0, 0.05) is 56.9 Å². The van der Waals surface area contributed by atoms with E-state index in [4.69, 9.17) is 14.2 Å². The molecule has 0 aliphatic carbocycles. The molecule has 0 bridgehead atoms. The maximum Gasteiger partial charge on any atom is 0.274 e. The summed E-state index contributed by atoms with van der Waals surface area (Å²) in [6, 6.07) is 65.9. The maximum atomic E-state index is 12.5. The fraction of sp³-hybridized carbons (Fsp3) is 0.0909. The molecule has 376 valence electrons. The molecular weight excluding hydrogens is 949 g/mol. The Kier molecular flexibility index (Phi) is 16.8. The van der Waals surface area contributed by atoms with Gasteiger partial charge in [-0.3, -0.25) is 24.0 Å². The van der Waals surface area contributed by atoms with Gasteiger partial charge in [0.1, 0.15) is 28.7 Å². The molecule has 0 atom stereocenters.